The molecule has 132 valence electrons. The van der Waals surface area contributed by atoms with Gasteiger partial charge in [0.05, 0.1) is 0 Å². The molecule has 0 aromatic heterocycles. The van der Waals surface area contributed by atoms with Crippen LogP contribution in [0.2, 0.25) is 5.02 Å². The van der Waals surface area contributed by atoms with Crippen LogP contribution in [0.5, 0.6) is 5.75 Å². The normalized spacial score (nSPS) is 10.4. The third kappa shape index (κ3) is 4.65. The van der Waals surface area contributed by atoms with E-state index in [1.165, 1.54) is 0 Å². The Morgan fingerprint density at radius 3 is 2.50 bits per heavy atom. The predicted octanol–water partition coefficient (Wildman–Crippen LogP) is 6.24. The van der Waals surface area contributed by atoms with Crippen molar-refractivity contribution in [3.8, 4) is 5.75 Å². The predicted molar refractivity (Wildman–Crippen MR) is 109 cm³/mol. The summed E-state index contributed by atoms with van der Waals surface area (Å²) in [5.41, 5.74) is 3.30. The second-order valence-corrected chi connectivity index (χ2v) is 7.08. The van der Waals surface area contributed by atoms with Gasteiger partial charge in [-0.25, -0.2) is 0 Å². The third-order valence-electron chi connectivity index (χ3n) is 3.88. The standard InChI is InChI=1S/C21H17BrClNO2/c1-14-12-17(8-11-19(14)22)24-21(25)15-6-9-18(10-7-15)26-13-16-4-2-3-5-20(16)23/h2-12H,13H2,1H3,(H,24,25). The van der Waals surface area contributed by atoms with Gasteiger partial charge in [-0.15, -0.1) is 0 Å². The van der Waals surface area contributed by atoms with Crippen molar-refractivity contribution in [3.63, 3.8) is 0 Å². The summed E-state index contributed by atoms with van der Waals surface area (Å²) in [5, 5.41) is 3.57. The van der Waals surface area contributed by atoms with E-state index in [1.807, 2.05) is 49.4 Å². The summed E-state index contributed by atoms with van der Waals surface area (Å²) in [6.45, 7) is 2.36. The second-order valence-electron chi connectivity index (χ2n) is 5.82. The zero-order chi connectivity index (χ0) is 18.5. The molecule has 0 fully saturated rings. The molecule has 0 aliphatic heterocycles. The molecule has 1 N–H and O–H groups in total. The van der Waals surface area contributed by atoms with Gasteiger partial charge < -0.3 is 10.1 Å². The van der Waals surface area contributed by atoms with E-state index < -0.39 is 0 Å². The van der Waals surface area contributed by atoms with Crippen molar-refractivity contribution in [1.82, 2.24) is 0 Å². The number of benzene rings is 3. The van der Waals surface area contributed by atoms with Crippen molar-refractivity contribution in [3.05, 3.63) is 92.9 Å². The molecule has 0 spiro atoms. The van der Waals surface area contributed by atoms with Crippen molar-refractivity contribution in [2.75, 3.05) is 5.32 Å². The SMILES string of the molecule is Cc1cc(NC(=O)c2ccc(OCc3ccccc3Cl)cc2)ccc1Br. The molecular formula is C21H17BrClNO2. The summed E-state index contributed by atoms with van der Waals surface area (Å²) < 4.78 is 6.74. The molecule has 3 nitrogen and oxygen atoms in total. The number of nitrogens with one attached hydrogen (secondary N) is 1. The van der Waals surface area contributed by atoms with Crippen LogP contribution in [0.15, 0.2) is 71.2 Å². The van der Waals surface area contributed by atoms with E-state index in [0.29, 0.717) is 22.9 Å². The van der Waals surface area contributed by atoms with E-state index >= 15 is 0 Å². The molecular weight excluding hydrogens is 414 g/mol. The van der Waals surface area contributed by atoms with E-state index in [-0.39, 0.29) is 5.91 Å². The molecule has 0 heterocycles. The summed E-state index contributed by atoms with van der Waals surface area (Å²) in [4.78, 5) is 12.4. The minimum absolute atomic E-state index is 0.163. The average molecular weight is 431 g/mol. The molecule has 5 heteroatoms. The zero-order valence-electron chi connectivity index (χ0n) is 14.1. The number of ether oxygens (including phenoxy) is 1. The fraction of sp³-hybridized carbons (Fsp3) is 0.0952. The first kappa shape index (κ1) is 18.5. The Morgan fingerprint density at radius 2 is 1.81 bits per heavy atom. The first-order valence-corrected chi connectivity index (χ1v) is 9.24. The van der Waals surface area contributed by atoms with Crippen LogP contribution >= 0.6 is 27.5 Å². The highest BCUT2D eigenvalue weighted by Crippen LogP contribution is 2.22. The Bertz CT molecular complexity index is 926. The maximum atomic E-state index is 12.4. The second kappa shape index (κ2) is 8.39. The van der Waals surface area contributed by atoms with Crippen LogP contribution in [0.25, 0.3) is 0 Å². The highest BCUT2D eigenvalue weighted by Gasteiger charge is 2.08. The Kier molecular flexibility index (Phi) is 5.96. The zero-order valence-corrected chi connectivity index (χ0v) is 16.5. The number of hydrogen-bond acceptors (Lipinski definition) is 2. The molecule has 3 aromatic carbocycles. The summed E-state index contributed by atoms with van der Waals surface area (Å²) in [6, 6.07) is 20.3. The highest BCUT2D eigenvalue weighted by molar-refractivity contribution is 9.10. The quantitative estimate of drug-likeness (QED) is 0.520. The van der Waals surface area contributed by atoms with E-state index in [9.17, 15) is 4.79 Å². The summed E-state index contributed by atoms with van der Waals surface area (Å²) in [5.74, 6) is 0.519. The molecule has 0 saturated heterocycles. The fourth-order valence-electron chi connectivity index (χ4n) is 2.40. The van der Waals surface area contributed by atoms with Crippen LogP contribution in [-0.2, 0) is 6.61 Å². The minimum atomic E-state index is -0.163. The number of carbonyl (C=O) groups excluding carboxylic acids is 1. The van der Waals surface area contributed by atoms with Crippen LogP contribution in [0.1, 0.15) is 21.5 Å². The molecule has 0 aliphatic carbocycles. The fourth-order valence-corrected chi connectivity index (χ4v) is 2.84. The Labute approximate surface area is 166 Å². The van der Waals surface area contributed by atoms with Gasteiger partial charge in [0.2, 0.25) is 0 Å². The molecule has 1 amide bonds. The number of amides is 1. The monoisotopic (exact) mass is 429 g/mol. The lowest BCUT2D eigenvalue weighted by molar-refractivity contribution is 0.102. The summed E-state index contributed by atoms with van der Waals surface area (Å²) >= 11 is 9.57. The van der Waals surface area contributed by atoms with Crippen LogP contribution in [0.4, 0.5) is 5.69 Å². The molecule has 0 radical (unpaired) electrons. The van der Waals surface area contributed by atoms with Gasteiger partial charge in [0.15, 0.2) is 0 Å². The Balaban J connectivity index is 1.62. The maximum absolute atomic E-state index is 12.4. The molecule has 0 bridgehead atoms. The van der Waals surface area contributed by atoms with Gasteiger partial charge in [0, 0.05) is 26.3 Å². The van der Waals surface area contributed by atoms with Crippen molar-refractivity contribution >= 4 is 39.1 Å². The van der Waals surface area contributed by atoms with E-state index in [2.05, 4.69) is 21.2 Å². The van der Waals surface area contributed by atoms with E-state index in [0.717, 1.165) is 21.3 Å². The molecule has 0 unspecified atom stereocenters. The van der Waals surface area contributed by atoms with Crippen LogP contribution in [0.3, 0.4) is 0 Å². The van der Waals surface area contributed by atoms with E-state index in [1.54, 1.807) is 24.3 Å². The minimum Gasteiger partial charge on any atom is -0.489 e. The molecule has 0 saturated carbocycles. The number of aryl methyl sites for hydroxylation is 1. The first-order chi connectivity index (χ1) is 12.5. The lowest BCUT2D eigenvalue weighted by atomic mass is 10.2. The van der Waals surface area contributed by atoms with Gasteiger partial charge in [0.25, 0.3) is 5.91 Å². The van der Waals surface area contributed by atoms with Gasteiger partial charge >= 0.3 is 0 Å². The van der Waals surface area contributed by atoms with Gasteiger partial charge in [0.1, 0.15) is 12.4 Å². The number of anilines is 1. The number of halogens is 2. The number of rotatable bonds is 5. The van der Waals surface area contributed by atoms with E-state index in [4.69, 9.17) is 16.3 Å². The van der Waals surface area contributed by atoms with Crippen molar-refractivity contribution < 1.29 is 9.53 Å². The molecule has 0 aliphatic rings. The topological polar surface area (TPSA) is 38.3 Å². The van der Waals surface area contributed by atoms with Gasteiger partial charge in [-0.2, -0.15) is 0 Å². The molecule has 0 atom stereocenters. The van der Waals surface area contributed by atoms with Crippen molar-refractivity contribution in [2.45, 2.75) is 13.5 Å². The highest BCUT2D eigenvalue weighted by atomic mass is 79.9. The van der Waals surface area contributed by atoms with Gasteiger partial charge in [-0.05, 0) is 61.0 Å². The van der Waals surface area contributed by atoms with Crippen LogP contribution in [-0.4, -0.2) is 5.91 Å². The summed E-state index contributed by atoms with van der Waals surface area (Å²) in [7, 11) is 0. The lowest BCUT2D eigenvalue weighted by Gasteiger charge is -2.09. The average Bonchev–Trinajstić information content (AvgIpc) is 2.64. The van der Waals surface area contributed by atoms with Crippen LogP contribution in [0, 0.1) is 6.92 Å². The molecule has 26 heavy (non-hydrogen) atoms. The van der Waals surface area contributed by atoms with Crippen molar-refractivity contribution in [2.24, 2.45) is 0 Å². The van der Waals surface area contributed by atoms with Gasteiger partial charge in [-0.3, -0.25) is 4.79 Å². The first-order valence-electron chi connectivity index (χ1n) is 8.07. The smallest absolute Gasteiger partial charge is 0.255 e. The number of carbonyl (C=O) groups is 1. The Morgan fingerprint density at radius 1 is 1.08 bits per heavy atom. The molecule has 3 aromatic rings. The van der Waals surface area contributed by atoms with Gasteiger partial charge in [-0.1, -0.05) is 45.7 Å². The summed E-state index contributed by atoms with van der Waals surface area (Å²) in [6.07, 6.45) is 0. The van der Waals surface area contributed by atoms with Crippen LogP contribution < -0.4 is 10.1 Å². The lowest BCUT2D eigenvalue weighted by Crippen LogP contribution is -2.11. The Hall–Kier alpha value is -2.30. The van der Waals surface area contributed by atoms with Crippen molar-refractivity contribution in [1.29, 1.82) is 0 Å². The maximum Gasteiger partial charge on any atom is 0.255 e. The third-order valence-corrected chi connectivity index (χ3v) is 5.14. The number of hydrogen-bond donors (Lipinski definition) is 1. The largest absolute Gasteiger partial charge is 0.489 e. The molecule has 3 rings (SSSR count).